The third-order valence-corrected chi connectivity index (χ3v) is 5.90. The van der Waals surface area contributed by atoms with Gasteiger partial charge in [0.1, 0.15) is 11.7 Å². The fourth-order valence-corrected chi connectivity index (χ4v) is 4.73. The van der Waals surface area contributed by atoms with Crippen molar-refractivity contribution in [2.24, 2.45) is 5.92 Å². The Hall–Kier alpha value is -2.12. The van der Waals surface area contributed by atoms with E-state index in [0.29, 0.717) is 21.2 Å². The van der Waals surface area contributed by atoms with Crippen LogP contribution in [-0.4, -0.2) is 17.7 Å². The molecule has 2 atom stereocenters. The molecule has 0 N–H and O–H groups in total. The summed E-state index contributed by atoms with van der Waals surface area (Å²) in [5.74, 6) is -2.25. The molecule has 0 unspecified atom stereocenters. The van der Waals surface area contributed by atoms with Gasteiger partial charge in [0.2, 0.25) is 0 Å². The Bertz CT molecular complexity index is 1010. The maximum Gasteiger partial charge on any atom is 0.397 e. The highest BCUT2D eigenvalue weighted by molar-refractivity contribution is 7.22. The maximum absolute atomic E-state index is 13.8. The second-order valence-electron chi connectivity index (χ2n) is 6.41. The van der Waals surface area contributed by atoms with Crippen molar-refractivity contribution in [2.75, 3.05) is 11.4 Å². The fraction of sp³-hybridized carbons (Fsp3) is 0.211. The van der Waals surface area contributed by atoms with Crippen LogP contribution in [0.15, 0.2) is 54.6 Å². The van der Waals surface area contributed by atoms with Gasteiger partial charge in [0.15, 0.2) is 5.13 Å². The number of alkyl halides is 3. The number of aromatic nitrogens is 1. The summed E-state index contributed by atoms with van der Waals surface area (Å²) in [5.41, 5.74) is 1.10. The number of halogens is 5. The smallest absolute Gasteiger partial charge is 0.336 e. The first-order valence-electron chi connectivity index (χ1n) is 8.06. The highest BCUT2D eigenvalue weighted by atomic mass is 35.5. The zero-order valence-electron chi connectivity index (χ0n) is 13.8. The van der Waals surface area contributed by atoms with E-state index in [0.717, 1.165) is 4.70 Å². The molecule has 1 aromatic heterocycles. The fourth-order valence-electron chi connectivity index (χ4n) is 3.46. The lowest BCUT2D eigenvalue weighted by Gasteiger charge is -2.29. The third kappa shape index (κ3) is 3.30. The predicted octanol–water partition coefficient (Wildman–Crippen LogP) is 6.38. The van der Waals surface area contributed by atoms with Gasteiger partial charge in [-0.2, -0.15) is 13.2 Å². The molecule has 1 fully saturated rings. The van der Waals surface area contributed by atoms with Crippen molar-refractivity contribution < 1.29 is 17.6 Å². The summed E-state index contributed by atoms with van der Waals surface area (Å²) in [7, 11) is 0. The van der Waals surface area contributed by atoms with Crippen LogP contribution in [0.5, 0.6) is 0 Å². The van der Waals surface area contributed by atoms with E-state index in [1.807, 2.05) is 0 Å². The second-order valence-corrected chi connectivity index (χ2v) is 7.86. The van der Waals surface area contributed by atoms with Gasteiger partial charge in [0, 0.05) is 11.6 Å². The van der Waals surface area contributed by atoms with Crippen molar-refractivity contribution in [3.05, 3.63) is 71.0 Å². The molecule has 0 radical (unpaired) electrons. The van der Waals surface area contributed by atoms with Gasteiger partial charge >= 0.3 is 6.18 Å². The van der Waals surface area contributed by atoms with Gasteiger partial charge in [-0.25, -0.2) is 9.37 Å². The van der Waals surface area contributed by atoms with Gasteiger partial charge in [-0.15, -0.1) is 0 Å². The molecule has 27 heavy (non-hydrogen) atoms. The molecule has 4 rings (SSSR count). The largest absolute Gasteiger partial charge is 0.397 e. The summed E-state index contributed by atoms with van der Waals surface area (Å²) in [6, 6.07) is 9.21. The van der Waals surface area contributed by atoms with Gasteiger partial charge < -0.3 is 4.90 Å². The highest BCUT2D eigenvalue weighted by Gasteiger charge is 2.53. The monoisotopic (exact) mass is 412 g/mol. The SMILES string of the molecule is C=C1CN(c2nc3ccc(Cl)cc3s2)[C@@H](c2ccc(F)cc2)[C@H]1C(F)(F)F. The zero-order valence-corrected chi connectivity index (χ0v) is 15.4. The number of rotatable bonds is 2. The number of hydrogen-bond acceptors (Lipinski definition) is 3. The molecule has 0 amide bonds. The van der Waals surface area contributed by atoms with Gasteiger partial charge in [-0.05, 0) is 41.5 Å². The van der Waals surface area contributed by atoms with Crippen LogP contribution >= 0.6 is 22.9 Å². The summed E-state index contributed by atoms with van der Waals surface area (Å²) < 4.78 is 55.4. The van der Waals surface area contributed by atoms with Crippen LogP contribution in [0.3, 0.4) is 0 Å². The molecule has 0 aliphatic carbocycles. The number of anilines is 1. The Balaban J connectivity index is 1.83. The van der Waals surface area contributed by atoms with Crippen LogP contribution in [0.1, 0.15) is 11.6 Å². The summed E-state index contributed by atoms with van der Waals surface area (Å²) in [6.07, 6.45) is -4.47. The van der Waals surface area contributed by atoms with Crippen LogP contribution < -0.4 is 4.90 Å². The van der Waals surface area contributed by atoms with E-state index in [4.69, 9.17) is 11.6 Å². The first-order valence-corrected chi connectivity index (χ1v) is 9.26. The van der Waals surface area contributed by atoms with Crippen LogP contribution in [-0.2, 0) is 0 Å². The summed E-state index contributed by atoms with van der Waals surface area (Å²) in [4.78, 5) is 6.07. The molecular weight excluding hydrogens is 400 g/mol. The van der Waals surface area contributed by atoms with Crippen LogP contribution in [0.2, 0.25) is 5.02 Å². The molecule has 1 aliphatic heterocycles. The molecule has 1 saturated heterocycles. The number of nitrogens with zero attached hydrogens (tertiary/aromatic N) is 2. The van der Waals surface area contributed by atoms with E-state index in [-0.39, 0.29) is 12.1 Å². The van der Waals surface area contributed by atoms with Gasteiger partial charge in [0.05, 0.1) is 16.3 Å². The van der Waals surface area contributed by atoms with E-state index < -0.39 is 24.0 Å². The lowest BCUT2D eigenvalue weighted by atomic mass is 9.91. The number of fused-ring (bicyclic) bond motifs is 1. The predicted molar refractivity (Wildman–Crippen MR) is 99.8 cm³/mol. The van der Waals surface area contributed by atoms with Crippen molar-refractivity contribution in [2.45, 2.75) is 12.2 Å². The third-order valence-electron chi connectivity index (χ3n) is 4.61. The Morgan fingerprint density at radius 1 is 1.15 bits per heavy atom. The highest BCUT2D eigenvalue weighted by Crippen LogP contribution is 2.51. The molecule has 0 spiro atoms. The van der Waals surface area contributed by atoms with Crippen LogP contribution in [0.4, 0.5) is 22.7 Å². The van der Waals surface area contributed by atoms with E-state index >= 15 is 0 Å². The minimum Gasteiger partial charge on any atom is -0.336 e. The molecule has 0 bridgehead atoms. The molecule has 2 aromatic carbocycles. The van der Waals surface area contributed by atoms with E-state index in [1.54, 1.807) is 23.1 Å². The lowest BCUT2D eigenvalue weighted by molar-refractivity contribution is -0.166. The standard InChI is InChI=1S/C19H13ClF4N2S/c1-10-9-26(18-25-14-7-4-12(20)8-15(14)27-18)17(16(10)19(22,23)24)11-2-5-13(21)6-3-11/h2-8,16-17H,1,9H2/t16-,17-/m0/s1. The maximum atomic E-state index is 13.8. The van der Waals surface area contributed by atoms with Gasteiger partial charge in [-0.3, -0.25) is 0 Å². The van der Waals surface area contributed by atoms with Crippen molar-refractivity contribution in [3.63, 3.8) is 0 Å². The van der Waals surface area contributed by atoms with Crippen LogP contribution in [0.25, 0.3) is 10.2 Å². The Morgan fingerprint density at radius 3 is 2.52 bits per heavy atom. The first-order chi connectivity index (χ1) is 12.7. The average Bonchev–Trinajstić information content (AvgIpc) is 3.15. The summed E-state index contributed by atoms with van der Waals surface area (Å²) >= 11 is 7.27. The van der Waals surface area contributed by atoms with Gasteiger partial charge in [-0.1, -0.05) is 41.6 Å². The minimum absolute atomic E-state index is 0.0276. The zero-order chi connectivity index (χ0) is 19.3. The molecule has 8 heteroatoms. The van der Waals surface area contributed by atoms with Crippen molar-refractivity contribution in [3.8, 4) is 0 Å². The Morgan fingerprint density at radius 2 is 1.85 bits per heavy atom. The molecule has 2 nitrogen and oxygen atoms in total. The molecule has 3 aromatic rings. The topological polar surface area (TPSA) is 16.1 Å². The van der Waals surface area contributed by atoms with E-state index in [2.05, 4.69) is 11.6 Å². The van der Waals surface area contributed by atoms with Crippen LogP contribution in [0, 0.1) is 11.7 Å². The Kier molecular flexibility index (Phi) is 4.39. The molecule has 140 valence electrons. The quantitative estimate of drug-likeness (QED) is 0.358. The molecule has 0 saturated carbocycles. The lowest BCUT2D eigenvalue weighted by Crippen LogP contribution is -2.32. The number of hydrogen-bond donors (Lipinski definition) is 0. The normalized spacial score (nSPS) is 20.6. The minimum atomic E-state index is -4.47. The Labute approximate surface area is 161 Å². The second kappa shape index (κ2) is 6.49. The summed E-state index contributed by atoms with van der Waals surface area (Å²) in [5, 5.41) is 0.987. The number of thiazole rings is 1. The molecule has 2 heterocycles. The first kappa shape index (κ1) is 18.3. The molecular formula is C19H13ClF4N2S. The molecule has 1 aliphatic rings. The van der Waals surface area contributed by atoms with Crippen molar-refractivity contribution in [1.29, 1.82) is 0 Å². The van der Waals surface area contributed by atoms with E-state index in [9.17, 15) is 17.6 Å². The van der Waals surface area contributed by atoms with E-state index in [1.165, 1.54) is 35.6 Å². The van der Waals surface area contributed by atoms with Crippen molar-refractivity contribution >= 4 is 38.3 Å². The average molecular weight is 413 g/mol. The van der Waals surface area contributed by atoms with Crippen molar-refractivity contribution in [1.82, 2.24) is 4.98 Å². The summed E-state index contributed by atoms with van der Waals surface area (Å²) in [6.45, 7) is 3.69. The number of benzene rings is 2. The van der Waals surface area contributed by atoms with Gasteiger partial charge in [0.25, 0.3) is 0 Å².